The SMILES string of the molecule is Cc1cc(OC2CCC(C[C@H](C)CN3CCN(c4ccc5c(C6CCC(=O)NC6=O)nn(C)c5c4)CC3)CC2)ccc1-c1ccc(N2CCc3cccc(C(=O)Nc4nc5ccccc5s4)c3C2)nc1C(=O)O. The number of ether oxygens (including phenoxy) is 1. The van der Waals surface area contributed by atoms with Gasteiger partial charge in [0.2, 0.25) is 11.8 Å². The van der Waals surface area contributed by atoms with Gasteiger partial charge in [-0.2, -0.15) is 5.10 Å². The number of piperazine rings is 1. The molecule has 1 aliphatic carbocycles. The number of nitrogens with one attached hydrogen (secondary N) is 2. The van der Waals surface area contributed by atoms with Crippen LogP contribution in [-0.2, 0) is 29.6 Å². The Morgan fingerprint density at radius 1 is 0.863 bits per heavy atom. The molecular formula is C57H61N9O6S. The topological polar surface area (TPSA) is 175 Å². The van der Waals surface area contributed by atoms with E-state index in [1.165, 1.54) is 23.4 Å². The monoisotopic (exact) mass is 999 g/mol. The number of para-hydroxylation sites is 1. The van der Waals surface area contributed by atoms with Gasteiger partial charge in [0.1, 0.15) is 11.6 Å². The molecule has 6 heterocycles. The van der Waals surface area contributed by atoms with Gasteiger partial charge in [0.25, 0.3) is 5.91 Å². The molecule has 2 saturated heterocycles. The summed E-state index contributed by atoms with van der Waals surface area (Å²) in [7, 11) is 1.92. The minimum absolute atomic E-state index is 0.0136. The molecule has 1 saturated carbocycles. The number of pyridine rings is 1. The van der Waals surface area contributed by atoms with E-state index in [-0.39, 0.29) is 29.5 Å². The molecule has 3 aromatic heterocycles. The number of carboxylic acids is 1. The summed E-state index contributed by atoms with van der Waals surface area (Å²) in [6, 6.07) is 29.7. The Kier molecular flexibility index (Phi) is 13.4. The zero-order valence-corrected chi connectivity index (χ0v) is 42.4. The van der Waals surface area contributed by atoms with Crippen molar-refractivity contribution in [1.82, 2.24) is 30.0 Å². The zero-order chi connectivity index (χ0) is 50.3. The number of fused-ring (bicyclic) bond motifs is 3. The average Bonchev–Trinajstić information content (AvgIpc) is 3.95. The maximum absolute atomic E-state index is 13.6. The highest BCUT2D eigenvalue weighted by Crippen LogP contribution is 2.37. The van der Waals surface area contributed by atoms with Gasteiger partial charge in [-0.05, 0) is 147 Å². The maximum atomic E-state index is 13.6. The normalized spacial score (nSPS) is 20.0. The molecule has 0 bridgehead atoms. The summed E-state index contributed by atoms with van der Waals surface area (Å²) in [4.78, 5) is 67.2. The minimum atomic E-state index is -1.10. The summed E-state index contributed by atoms with van der Waals surface area (Å²) in [6.07, 6.45) is 7.17. The van der Waals surface area contributed by atoms with Crippen LogP contribution < -0.4 is 25.2 Å². The Balaban J connectivity index is 0.657. The van der Waals surface area contributed by atoms with E-state index in [4.69, 9.17) is 14.8 Å². The molecule has 3 amide bonds. The van der Waals surface area contributed by atoms with Gasteiger partial charge in [-0.25, -0.2) is 14.8 Å². The van der Waals surface area contributed by atoms with Crippen molar-refractivity contribution in [2.24, 2.45) is 18.9 Å². The second kappa shape index (κ2) is 20.4. The van der Waals surface area contributed by atoms with Crippen molar-refractivity contribution in [2.45, 2.75) is 83.8 Å². The molecule has 0 spiro atoms. The van der Waals surface area contributed by atoms with Crippen molar-refractivity contribution in [1.29, 1.82) is 0 Å². The second-order valence-corrected chi connectivity index (χ2v) is 21.5. The number of carbonyl (C=O) groups excluding carboxylic acids is 3. The number of aromatic carboxylic acids is 1. The summed E-state index contributed by atoms with van der Waals surface area (Å²) in [6.45, 7) is 10.5. The van der Waals surface area contributed by atoms with Gasteiger partial charge in [0.05, 0.1) is 33.4 Å². The van der Waals surface area contributed by atoms with Gasteiger partial charge in [0.15, 0.2) is 10.8 Å². The van der Waals surface area contributed by atoms with Crippen LogP contribution in [0.2, 0.25) is 0 Å². The molecular weight excluding hydrogens is 939 g/mol. The third-order valence-corrected chi connectivity index (χ3v) is 16.5. The van der Waals surface area contributed by atoms with Crippen LogP contribution in [0.15, 0.2) is 91.0 Å². The molecule has 376 valence electrons. The summed E-state index contributed by atoms with van der Waals surface area (Å²) >= 11 is 1.44. The number of benzene rings is 4. The van der Waals surface area contributed by atoms with Crippen molar-refractivity contribution in [3.05, 3.63) is 125 Å². The van der Waals surface area contributed by atoms with Crippen molar-refractivity contribution in [3.63, 3.8) is 0 Å². The molecule has 11 rings (SSSR count). The van der Waals surface area contributed by atoms with Crippen LogP contribution in [0.4, 0.5) is 16.6 Å². The first-order valence-electron chi connectivity index (χ1n) is 25.7. The first-order valence-corrected chi connectivity index (χ1v) is 26.5. The van der Waals surface area contributed by atoms with Gasteiger partial charge in [-0.1, -0.05) is 48.6 Å². The number of thiazole rings is 1. The third-order valence-electron chi connectivity index (χ3n) is 15.5. The molecule has 4 aromatic carbocycles. The molecule has 1 unspecified atom stereocenters. The molecule has 4 aliphatic rings. The number of hydrogen-bond acceptors (Lipinski definition) is 12. The summed E-state index contributed by atoms with van der Waals surface area (Å²) in [5, 5.41) is 22.2. The summed E-state index contributed by atoms with van der Waals surface area (Å²) in [5.74, 6) is 0.415. The van der Waals surface area contributed by atoms with E-state index in [1.54, 1.807) is 0 Å². The van der Waals surface area contributed by atoms with E-state index in [2.05, 4.69) is 50.5 Å². The Hall–Kier alpha value is -7.17. The third kappa shape index (κ3) is 10.1. The fourth-order valence-corrected chi connectivity index (χ4v) is 12.6. The fraction of sp³-hybridized carbons (Fsp3) is 0.386. The van der Waals surface area contributed by atoms with E-state index >= 15 is 0 Å². The molecule has 3 fully saturated rings. The number of rotatable bonds is 13. The number of amides is 3. The Bertz CT molecular complexity index is 3230. The molecule has 0 radical (unpaired) electrons. The van der Waals surface area contributed by atoms with E-state index in [0.717, 1.165) is 113 Å². The number of piperidine rings is 1. The number of nitrogens with zero attached hydrogens (tertiary/aromatic N) is 7. The van der Waals surface area contributed by atoms with Crippen molar-refractivity contribution >= 4 is 72.8 Å². The van der Waals surface area contributed by atoms with Crippen molar-refractivity contribution < 1.29 is 29.0 Å². The molecule has 7 aromatic rings. The Labute approximate surface area is 428 Å². The lowest BCUT2D eigenvalue weighted by Gasteiger charge is -2.38. The predicted octanol–water partition coefficient (Wildman–Crippen LogP) is 9.37. The van der Waals surface area contributed by atoms with Gasteiger partial charge in [-0.15, -0.1) is 0 Å². The lowest BCUT2D eigenvalue weighted by molar-refractivity contribution is -0.134. The highest BCUT2D eigenvalue weighted by molar-refractivity contribution is 7.22. The predicted molar refractivity (Wildman–Crippen MR) is 285 cm³/mol. The van der Waals surface area contributed by atoms with Crippen LogP contribution in [0.3, 0.4) is 0 Å². The molecule has 3 aliphatic heterocycles. The number of aromatic nitrogens is 4. The summed E-state index contributed by atoms with van der Waals surface area (Å²) in [5.41, 5.74) is 8.56. The minimum Gasteiger partial charge on any atom is -0.490 e. The molecule has 2 atom stereocenters. The van der Waals surface area contributed by atoms with Crippen molar-refractivity contribution in [2.75, 3.05) is 54.4 Å². The molecule has 3 N–H and O–H groups in total. The largest absolute Gasteiger partial charge is 0.490 e. The number of carboxylic acid groups (broad SMARTS) is 1. The quantitative estimate of drug-likeness (QED) is 0.0936. The smallest absolute Gasteiger partial charge is 0.355 e. The second-order valence-electron chi connectivity index (χ2n) is 20.5. The van der Waals surface area contributed by atoms with Gasteiger partial charge >= 0.3 is 5.97 Å². The van der Waals surface area contributed by atoms with E-state index in [9.17, 15) is 24.3 Å². The van der Waals surface area contributed by atoms with Crippen LogP contribution >= 0.6 is 11.3 Å². The number of aryl methyl sites for hydroxylation is 2. The first kappa shape index (κ1) is 48.1. The number of carbonyl (C=O) groups is 4. The lowest BCUT2D eigenvalue weighted by Crippen LogP contribution is -2.47. The van der Waals surface area contributed by atoms with Crippen LogP contribution in [-0.4, -0.2) is 98.8 Å². The van der Waals surface area contributed by atoms with Crippen molar-refractivity contribution in [3.8, 4) is 16.9 Å². The van der Waals surface area contributed by atoms with Gasteiger partial charge < -0.3 is 19.6 Å². The van der Waals surface area contributed by atoms with E-state index < -0.39 is 11.9 Å². The fourth-order valence-electron chi connectivity index (χ4n) is 11.7. The number of imide groups is 1. The van der Waals surface area contributed by atoms with Crippen LogP contribution in [0, 0.1) is 18.8 Å². The van der Waals surface area contributed by atoms with Crippen LogP contribution in [0.25, 0.3) is 32.2 Å². The maximum Gasteiger partial charge on any atom is 0.355 e. The zero-order valence-electron chi connectivity index (χ0n) is 41.6. The molecule has 73 heavy (non-hydrogen) atoms. The standard InChI is InChI=1S/C57H61N9O6S/c1-34(32-64-25-27-65(28-26-64)38-13-17-44-48(31-38)63(3)62-52(44)45-20-22-51(67)60-55(45)69)29-36-11-14-39(15-12-36)72-40-16-18-41(35(2)30-40)42-19-21-50(59-53(42)56(70)71)66-24-23-37-7-6-8-43(46(37)33-66)54(68)61-57-58-47-9-4-5-10-49(47)73-57/h4-10,13,16-19,21,30-31,34,36,39,45H,11-12,14-15,20,22-29,32-33H2,1-3H3,(H,70,71)(H,58,61,68)(H,60,67,69)/t34-,36?,39?,45?/m0/s1. The summed E-state index contributed by atoms with van der Waals surface area (Å²) < 4.78 is 9.44. The molecule has 16 heteroatoms. The Morgan fingerprint density at radius 3 is 2.45 bits per heavy atom. The first-order chi connectivity index (χ1) is 35.4. The van der Waals surface area contributed by atoms with Crippen LogP contribution in [0.5, 0.6) is 5.75 Å². The van der Waals surface area contributed by atoms with Gasteiger partial charge in [0, 0.05) is 81.5 Å². The number of hydrogen-bond donors (Lipinski definition) is 3. The van der Waals surface area contributed by atoms with E-state index in [1.807, 2.05) is 96.3 Å². The highest BCUT2D eigenvalue weighted by atomic mass is 32.1. The van der Waals surface area contributed by atoms with Gasteiger partial charge in [-0.3, -0.25) is 34.6 Å². The number of anilines is 3. The van der Waals surface area contributed by atoms with E-state index in [0.29, 0.717) is 66.3 Å². The Morgan fingerprint density at radius 2 is 1.67 bits per heavy atom. The lowest BCUT2D eigenvalue weighted by atomic mass is 9.82. The highest BCUT2D eigenvalue weighted by Gasteiger charge is 2.33. The molecule has 15 nitrogen and oxygen atoms in total. The van der Waals surface area contributed by atoms with Crippen LogP contribution in [0.1, 0.15) is 101 Å². The average molecular weight is 1000 g/mol.